The minimum atomic E-state index is -0.124. The lowest BCUT2D eigenvalue weighted by molar-refractivity contribution is 0.409. The summed E-state index contributed by atoms with van der Waals surface area (Å²) < 4.78 is 6.70. The van der Waals surface area contributed by atoms with Crippen LogP contribution >= 0.6 is 0 Å². The Morgan fingerprint density at radius 1 is 1.44 bits per heavy atom. The molecule has 0 amide bonds. The number of rotatable bonds is 2. The number of nitrogens with zero attached hydrogens (tertiary/aromatic N) is 3. The summed E-state index contributed by atoms with van der Waals surface area (Å²) >= 11 is 0. The summed E-state index contributed by atoms with van der Waals surface area (Å²) in [5, 5.41) is 22.6. The van der Waals surface area contributed by atoms with Gasteiger partial charge in [0.2, 0.25) is 0 Å². The van der Waals surface area contributed by atoms with Crippen LogP contribution in [0.2, 0.25) is 0 Å². The van der Waals surface area contributed by atoms with Crippen molar-refractivity contribution in [3.8, 4) is 28.7 Å². The molecule has 0 spiro atoms. The predicted molar refractivity (Wildman–Crippen MR) is 66.0 cm³/mol. The van der Waals surface area contributed by atoms with Gasteiger partial charge < -0.3 is 15.6 Å². The van der Waals surface area contributed by atoms with Gasteiger partial charge >= 0.3 is 0 Å². The van der Waals surface area contributed by atoms with E-state index in [1.165, 1.54) is 23.9 Å². The fraction of sp³-hybridized carbons (Fsp3) is 0.167. The van der Waals surface area contributed by atoms with Crippen molar-refractivity contribution < 1.29 is 9.84 Å². The number of aromatic hydroxyl groups is 1. The highest BCUT2D eigenvalue weighted by molar-refractivity contribution is 5.80. The zero-order chi connectivity index (χ0) is 13.3. The first-order valence-corrected chi connectivity index (χ1v) is 5.17. The maximum Gasteiger partial charge on any atom is 0.137 e. The minimum absolute atomic E-state index is 0.124. The van der Waals surface area contributed by atoms with Gasteiger partial charge in [0.25, 0.3) is 0 Å². The first-order chi connectivity index (χ1) is 8.58. The third kappa shape index (κ3) is 1.72. The third-order valence-electron chi connectivity index (χ3n) is 2.71. The molecule has 18 heavy (non-hydrogen) atoms. The Bertz CT molecular complexity index is 640. The van der Waals surface area contributed by atoms with Crippen molar-refractivity contribution in [3.05, 3.63) is 23.9 Å². The van der Waals surface area contributed by atoms with Crippen LogP contribution in [0.1, 0.15) is 5.56 Å². The number of nitrogen functional groups attached to an aromatic ring is 1. The Labute approximate surface area is 104 Å². The summed E-state index contributed by atoms with van der Waals surface area (Å²) in [5.74, 6) is 0.773. The number of hydrogen-bond donors (Lipinski definition) is 2. The molecule has 0 aliphatic rings. The molecule has 2 aromatic rings. The van der Waals surface area contributed by atoms with Gasteiger partial charge in [-0.3, -0.25) is 4.68 Å². The number of ether oxygens (including phenoxy) is 1. The van der Waals surface area contributed by atoms with E-state index in [2.05, 4.69) is 5.10 Å². The predicted octanol–water partition coefficient (Wildman–Crippen LogP) is 1.26. The van der Waals surface area contributed by atoms with Crippen LogP contribution < -0.4 is 10.5 Å². The number of methoxy groups -OCH3 is 1. The number of aryl methyl sites for hydroxylation is 1. The zero-order valence-electron chi connectivity index (χ0n) is 10.0. The van der Waals surface area contributed by atoms with Gasteiger partial charge in [0.1, 0.15) is 23.4 Å². The Morgan fingerprint density at radius 3 is 2.67 bits per heavy atom. The second-order valence-electron chi connectivity index (χ2n) is 3.75. The number of nitriles is 1. The van der Waals surface area contributed by atoms with Crippen LogP contribution in [0.4, 0.5) is 5.82 Å². The van der Waals surface area contributed by atoms with Crippen LogP contribution in [0.3, 0.4) is 0 Å². The number of nitrogens with two attached hydrogens (primary N) is 1. The maximum atomic E-state index is 9.61. The molecule has 1 heterocycles. The summed E-state index contributed by atoms with van der Waals surface area (Å²) in [4.78, 5) is 0. The lowest BCUT2D eigenvalue weighted by Gasteiger charge is -2.09. The van der Waals surface area contributed by atoms with E-state index in [9.17, 15) is 5.11 Å². The molecule has 0 unspecified atom stereocenters. The molecule has 0 saturated heterocycles. The summed E-state index contributed by atoms with van der Waals surface area (Å²) in [6, 6.07) is 4.83. The van der Waals surface area contributed by atoms with Gasteiger partial charge in [0.05, 0.1) is 18.9 Å². The molecule has 3 N–H and O–H groups in total. The SMILES string of the molecule is COc1cc(O)c(C#N)cc1-c1cnn(C)c1N. The number of phenolic OH excluding ortho intramolecular Hbond substituents is 1. The van der Waals surface area contributed by atoms with Crippen molar-refractivity contribution in [1.29, 1.82) is 5.26 Å². The highest BCUT2D eigenvalue weighted by Crippen LogP contribution is 2.37. The van der Waals surface area contributed by atoms with Crippen LogP contribution in [-0.2, 0) is 7.05 Å². The van der Waals surface area contributed by atoms with Crippen LogP contribution in [0.5, 0.6) is 11.5 Å². The molecule has 0 aliphatic heterocycles. The number of aromatic nitrogens is 2. The molecule has 1 aromatic carbocycles. The van der Waals surface area contributed by atoms with Gasteiger partial charge in [0.15, 0.2) is 0 Å². The summed E-state index contributed by atoms with van der Waals surface area (Å²) in [6.07, 6.45) is 1.59. The number of benzene rings is 1. The molecule has 0 radical (unpaired) electrons. The molecule has 0 saturated carbocycles. The Balaban J connectivity index is 2.70. The minimum Gasteiger partial charge on any atom is -0.506 e. The van der Waals surface area contributed by atoms with E-state index in [1.54, 1.807) is 13.2 Å². The first kappa shape index (κ1) is 11.8. The highest BCUT2D eigenvalue weighted by Gasteiger charge is 2.15. The largest absolute Gasteiger partial charge is 0.506 e. The molecule has 0 aliphatic carbocycles. The second-order valence-corrected chi connectivity index (χ2v) is 3.75. The molecule has 0 fully saturated rings. The number of phenols is 1. The summed E-state index contributed by atoms with van der Waals surface area (Å²) in [7, 11) is 3.20. The fourth-order valence-corrected chi connectivity index (χ4v) is 1.69. The quantitative estimate of drug-likeness (QED) is 0.828. The topological polar surface area (TPSA) is 97.1 Å². The normalized spacial score (nSPS) is 10.1. The molecule has 1 aromatic heterocycles. The van der Waals surface area contributed by atoms with E-state index in [1.807, 2.05) is 6.07 Å². The highest BCUT2D eigenvalue weighted by atomic mass is 16.5. The molecule has 6 nitrogen and oxygen atoms in total. The zero-order valence-corrected chi connectivity index (χ0v) is 10.0. The van der Waals surface area contributed by atoms with Crippen LogP contribution in [0, 0.1) is 11.3 Å². The summed E-state index contributed by atoms with van der Waals surface area (Å²) in [6.45, 7) is 0. The average Bonchev–Trinajstić information content (AvgIpc) is 2.70. The van der Waals surface area contributed by atoms with Gasteiger partial charge in [-0.05, 0) is 6.07 Å². The molecule has 2 rings (SSSR count). The fourth-order valence-electron chi connectivity index (χ4n) is 1.69. The van der Waals surface area contributed by atoms with E-state index in [0.29, 0.717) is 22.7 Å². The van der Waals surface area contributed by atoms with Crippen LogP contribution in [0.15, 0.2) is 18.3 Å². The second kappa shape index (κ2) is 4.30. The van der Waals surface area contributed by atoms with Gasteiger partial charge in [-0.25, -0.2) is 0 Å². The molecule has 6 heteroatoms. The monoisotopic (exact) mass is 244 g/mol. The first-order valence-electron chi connectivity index (χ1n) is 5.17. The average molecular weight is 244 g/mol. The van der Waals surface area contributed by atoms with Crippen molar-refractivity contribution in [1.82, 2.24) is 9.78 Å². The lowest BCUT2D eigenvalue weighted by atomic mass is 10.0. The number of hydrogen-bond acceptors (Lipinski definition) is 5. The summed E-state index contributed by atoms with van der Waals surface area (Å²) in [5.41, 5.74) is 7.33. The van der Waals surface area contributed by atoms with Gasteiger partial charge in [-0.2, -0.15) is 10.4 Å². The van der Waals surface area contributed by atoms with Crippen LogP contribution in [-0.4, -0.2) is 22.0 Å². The Hall–Kier alpha value is -2.68. The van der Waals surface area contributed by atoms with Crippen molar-refractivity contribution in [2.45, 2.75) is 0 Å². The van der Waals surface area contributed by atoms with E-state index >= 15 is 0 Å². The van der Waals surface area contributed by atoms with Crippen molar-refractivity contribution >= 4 is 5.82 Å². The van der Waals surface area contributed by atoms with Gasteiger partial charge in [0, 0.05) is 24.2 Å². The van der Waals surface area contributed by atoms with Gasteiger partial charge in [-0.15, -0.1) is 0 Å². The molecule has 0 bridgehead atoms. The van der Waals surface area contributed by atoms with Crippen molar-refractivity contribution in [2.75, 3.05) is 12.8 Å². The molecular formula is C12H12N4O2. The number of anilines is 1. The molecule has 0 atom stereocenters. The van der Waals surface area contributed by atoms with Crippen molar-refractivity contribution in [2.24, 2.45) is 7.05 Å². The Kier molecular flexibility index (Phi) is 2.81. The molecule has 92 valence electrons. The molecular weight excluding hydrogens is 232 g/mol. The van der Waals surface area contributed by atoms with E-state index in [0.717, 1.165) is 0 Å². The van der Waals surface area contributed by atoms with E-state index in [4.69, 9.17) is 15.7 Å². The standard InChI is InChI=1S/C12H12N4O2/c1-16-12(14)9(6-15-16)8-3-7(5-13)10(17)4-11(8)18-2/h3-4,6,17H,14H2,1-2H3. The third-order valence-corrected chi connectivity index (χ3v) is 2.71. The van der Waals surface area contributed by atoms with E-state index < -0.39 is 0 Å². The smallest absolute Gasteiger partial charge is 0.137 e. The van der Waals surface area contributed by atoms with Gasteiger partial charge in [-0.1, -0.05) is 0 Å². The Morgan fingerprint density at radius 2 is 2.17 bits per heavy atom. The maximum absolute atomic E-state index is 9.61. The lowest BCUT2D eigenvalue weighted by Crippen LogP contribution is -1.99. The van der Waals surface area contributed by atoms with Crippen LogP contribution in [0.25, 0.3) is 11.1 Å². The van der Waals surface area contributed by atoms with Crippen molar-refractivity contribution in [3.63, 3.8) is 0 Å². The van der Waals surface area contributed by atoms with E-state index in [-0.39, 0.29) is 11.3 Å².